The quantitative estimate of drug-likeness (QED) is 0.839. The van der Waals surface area contributed by atoms with E-state index in [0.29, 0.717) is 19.6 Å². The van der Waals surface area contributed by atoms with Crippen molar-refractivity contribution >= 4 is 17.7 Å². The molecule has 0 saturated carbocycles. The van der Waals surface area contributed by atoms with Crippen LogP contribution in [0.15, 0.2) is 30.5 Å². The summed E-state index contributed by atoms with van der Waals surface area (Å²) in [5, 5.41) is 5.29. The van der Waals surface area contributed by atoms with Crippen molar-refractivity contribution in [1.29, 1.82) is 0 Å². The second-order valence-corrected chi connectivity index (χ2v) is 7.20. The molecule has 0 aliphatic carbocycles. The first-order chi connectivity index (χ1) is 10.8. The van der Waals surface area contributed by atoms with Crippen LogP contribution in [0.1, 0.15) is 37.6 Å². The number of hydrogen-bond acceptors (Lipinski definition) is 3. The molecule has 0 N–H and O–H groups in total. The molecule has 6 heteroatoms. The Morgan fingerprint density at radius 3 is 2.78 bits per heavy atom. The number of fused-ring (bicyclic) bond motifs is 1. The third kappa shape index (κ3) is 3.85. The average Bonchev–Trinajstić information content (AvgIpc) is 2.94. The molecule has 0 radical (unpaired) electrons. The molecule has 0 fully saturated rings. The van der Waals surface area contributed by atoms with Crippen LogP contribution < -0.4 is 0 Å². The molecule has 1 amide bonds. The Morgan fingerprint density at radius 2 is 2.13 bits per heavy atom. The summed E-state index contributed by atoms with van der Waals surface area (Å²) in [4.78, 5) is 13.8. The van der Waals surface area contributed by atoms with Crippen LogP contribution in [0.5, 0.6) is 0 Å². The highest BCUT2D eigenvalue weighted by Crippen LogP contribution is 2.24. The number of ether oxygens (including phenoxy) is 1. The van der Waals surface area contributed by atoms with Gasteiger partial charge >= 0.3 is 6.09 Å². The monoisotopic (exact) mass is 333 g/mol. The van der Waals surface area contributed by atoms with E-state index >= 15 is 0 Å². The van der Waals surface area contributed by atoms with Gasteiger partial charge in [0.2, 0.25) is 0 Å². The van der Waals surface area contributed by atoms with Gasteiger partial charge in [0.25, 0.3) is 0 Å². The van der Waals surface area contributed by atoms with Crippen LogP contribution in [0.4, 0.5) is 4.79 Å². The first kappa shape index (κ1) is 15.9. The van der Waals surface area contributed by atoms with Gasteiger partial charge in [-0.15, -0.1) is 0 Å². The van der Waals surface area contributed by atoms with Crippen LogP contribution in [-0.4, -0.2) is 26.4 Å². The number of amides is 1. The summed E-state index contributed by atoms with van der Waals surface area (Å²) in [7, 11) is 0. The molecular weight excluding hydrogens is 314 g/mol. The number of benzene rings is 1. The Hall–Kier alpha value is -2.01. The number of rotatable bonds is 2. The normalized spacial score (nSPS) is 14.0. The van der Waals surface area contributed by atoms with Gasteiger partial charge in [-0.3, -0.25) is 9.58 Å². The summed E-state index contributed by atoms with van der Waals surface area (Å²) < 4.78 is 7.29. The molecule has 2 aromatic rings. The minimum atomic E-state index is -0.483. The van der Waals surface area contributed by atoms with Gasteiger partial charge in [-0.05, 0) is 38.5 Å². The van der Waals surface area contributed by atoms with Crippen molar-refractivity contribution < 1.29 is 9.53 Å². The number of carbonyl (C=O) groups is 1. The molecule has 0 saturated heterocycles. The van der Waals surface area contributed by atoms with Crippen molar-refractivity contribution in [3.8, 4) is 0 Å². The maximum atomic E-state index is 12.1. The van der Waals surface area contributed by atoms with Gasteiger partial charge in [-0.1, -0.05) is 23.7 Å². The maximum absolute atomic E-state index is 12.1. The first-order valence-electron chi connectivity index (χ1n) is 7.58. The number of nitrogens with zero attached hydrogens (tertiary/aromatic N) is 3. The summed E-state index contributed by atoms with van der Waals surface area (Å²) in [6.07, 6.45) is 1.69. The van der Waals surface area contributed by atoms with Gasteiger partial charge in [0.05, 0.1) is 25.3 Å². The van der Waals surface area contributed by atoms with Crippen LogP contribution in [0, 0.1) is 0 Å². The van der Waals surface area contributed by atoms with Gasteiger partial charge in [0, 0.05) is 16.8 Å². The molecule has 2 heterocycles. The SMILES string of the molecule is CC(C)(C)OC(=O)N1Cc2cn(Cc3cccc(Cl)c3)nc2C1. The third-order valence-corrected chi connectivity index (χ3v) is 3.75. The zero-order chi connectivity index (χ0) is 16.6. The van der Waals surface area contributed by atoms with Crippen molar-refractivity contribution in [2.24, 2.45) is 0 Å². The van der Waals surface area contributed by atoms with Crippen LogP contribution >= 0.6 is 11.6 Å². The van der Waals surface area contributed by atoms with E-state index in [4.69, 9.17) is 16.3 Å². The zero-order valence-electron chi connectivity index (χ0n) is 13.5. The predicted octanol–water partition coefficient (Wildman–Crippen LogP) is 3.84. The second kappa shape index (κ2) is 5.89. The van der Waals surface area contributed by atoms with Crippen LogP contribution in [0.3, 0.4) is 0 Å². The highest BCUT2D eigenvalue weighted by atomic mass is 35.5. The van der Waals surface area contributed by atoms with Gasteiger partial charge in [0.1, 0.15) is 5.60 Å². The Bertz CT molecular complexity index is 710. The van der Waals surface area contributed by atoms with Crippen LogP contribution in [0.25, 0.3) is 0 Å². The van der Waals surface area contributed by atoms with E-state index in [-0.39, 0.29) is 6.09 Å². The van der Waals surface area contributed by atoms with Gasteiger partial charge < -0.3 is 4.74 Å². The lowest BCUT2D eigenvalue weighted by molar-refractivity contribution is 0.0239. The van der Waals surface area contributed by atoms with Crippen LogP contribution in [-0.2, 0) is 24.4 Å². The minimum absolute atomic E-state index is 0.295. The number of carbonyl (C=O) groups excluding carboxylic acids is 1. The van der Waals surface area contributed by atoms with Gasteiger partial charge in [0.15, 0.2) is 0 Å². The number of hydrogen-bond donors (Lipinski definition) is 0. The zero-order valence-corrected chi connectivity index (χ0v) is 14.3. The Morgan fingerprint density at radius 1 is 1.35 bits per heavy atom. The summed E-state index contributed by atoms with van der Waals surface area (Å²) in [6.45, 7) is 7.30. The molecule has 0 spiro atoms. The van der Waals surface area contributed by atoms with Gasteiger partial charge in [-0.2, -0.15) is 5.10 Å². The summed E-state index contributed by atoms with van der Waals surface area (Å²) in [5.41, 5.74) is 2.61. The molecule has 1 aromatic carbocycles. The third-order valence-electron chi connectivity index (χ3n) is 3.51. The minimum Gasteiger partial charge on any atom is -0.444 e. The molecule has 0 bridgehead atoms. The number of aromatic nitrogens is 2. The van der Waals surface area contributed by atoms with Crippen molar-refractivity contribution in [3.05, 3.63) is 52.3 Å². The summed E-state index contributed by atoms with van der Waals surface area (Å²) >= 11 is 6.00. The highest BCUT2D eigenvalue weighted by molar-refractivity contribution is 6.30. The molecule has 5 nitrogen and oxygen atoms in total. The van der Waals surface area contributed by atoms with E-state index in [1.807, 2.05) is 55.9 Å². The molecule has 3 rings (SSSR count). The first-order valence-corrected chi connectivity index (χ1v) is 7.95. The molecule has 1 aliphatic rings. The Balaban J connectivity index is 1.65. The van der Waals surface area contributed by atoms with Crippen molar-refractivity contribution in [3.63, 3.8) is 0 Å². The Kier molecular flexibility index (Phi) is 4.06. The van der Waals surface area contributed by atoms with Crippen molar-refractivity contribution in [2.75, 3.05) is 0 Å². The molecule has 1 aromatic heterocycles. The molecule has 0 unspecified atom stereocenters. The molecule has 1 aliphatic heterocycles. The fourth-order valence-electron chi connectivity index (χ4n) is 2.57. The lowest BCUT2D eigenvalue weighted by Gasteiger charge is -2.24. The van der Waals surface area contributed by atoms with Gasteiger partial charge in [-0.25, -0.2) is 4.79 Å². The Labute approximate surface area is 140 Å². The van der Waals surface area contributed by atoms with E-state index in [2.05, 4.69) is 5.10 Å². The highest BCUT2D eigenvalue weighted by Gasteiger charge is 2.29. The van der Waals surface area contributed by atoms with E-state index in [1.165, 1.54) is 0 Å². The maximum Gasteiger partial charge on any atom is 0.410 e. The average molecular weight is 334 g/mol. The number of halogens is 1. The molecule has 23 heavy (non-hydrogen) atoms. The van der Waals surface area contributed by atoms with E-state index in [0.717, 1.165) is 21.8 Å². The van der Waals surface area contributed by atoms with Crippen molar-refractivity contribution in [1.82, 2.24) is 14.7 Å². The fourth-order valence-corrected chi connectivity index (χ4v) is 2.78. The fraction of sp³-hybridized carbons (Fsp3) is 0.412. The molecule has 122 valence electrons. The topological polar surface area (TPSA) is 47.4 Å². The lowest BCUT2D eigenvalue weighted by Crippen LogP contribution is -2.33. The smallest absolute Gasteiger partial charge is 0.410 e. The predicted molar refractivity (Wildman–Crippen MR) is 88.3 cm³/mol. The standard InChI is InChI=1S/C17H20ClN3O2/c1-17(2,3)23-16(22)20-9-13-10-21(19-15(13)11-20)8-12-5-4-6-14(18)7-12/h4-7,10H,8-9,11H2,1-3H3. The largest absolute Gasteiger partial charge is 0.444 e. The summed E-state index contributed by atoms with van der Waals surface area (Å²) in [5.74, 6) is 0. The summed E-state index contributed by atoms with van der Waals surface area (Å²) in [6, 6.07) is 7.74. The van der Waals surface area contributed by atoms with Crippen molar-refractivity contribution in [2.45, 2.75) is 46.0 Å². The second-order valence-electron chi connectivity index (χ2n) is 6.76. The van der Waals surface area contributed by atoms with Crippen LogP contribution in [0.2, 0.25) is 5.02 Å². The van der Waals surface area contributed by atoms with E-state index < -0.39 is 5.60 Å². The van der Waals surface area contributed by atoms with E-state index in [1.54, 1.807) is 4.90 Å². The van der Waals surface area contributed by atoms with E-state index in [9.17, 15) is 4.79 Å². The molecular formula is C17H20ClN3O2. The molecule has 0 atom stereocenters. The lowest BCUT2D eigenvalue weighted by atomic mass is 10.2.